The van der Waals surface area contributed by atoms with E-state index in [1.807, 2.05) is 11.6 Å². The topological polar surface area (TPSA) is 31.2 Å². The number of esters is 1. The summed E-state index contributed by atoms with van der Waals surface area (Å²) in [4.78, 5) is 11.6. The van der Waals surface area contributed by atoms with Crippen LogP contribution in [0.2, 0.25) is 5.02 Å². The van der Waals surface area contributed by atoms with Crippen LogP contribution in [0.25, 0.3) is 10.9 Å². The van der Waals surface area contributed by atoms with Crippen molar-refractivity contribution in [2.24, 2.45) is 7.05 Å². The molecule has 0 unspecified atom stereocenters. The van der Waals surface area contributed by atoms with E-state index >= 15 is 0 Å². The minimum Gasteiger partial charge on any atom is -0.465 e. The summed E-state index contributed by atoms with van der Waals surface area (Å²) in [5, 5.41) is 1.37. The standard InChI is InChI=1S/C11H9BrClNO2/c1-14-5-8(11(15)16-2)7-3-6(13)4-9(12)10(7)14/h3-5H,1-2H3. The number of aromatic nitrogens is 1. The summed E-state index contributed by atoms with van der Waals surface area (Å²) in [7, 11) is 3.23. The number of hydrogen-bond acceptors (Lipinski definition) is 2. The lowest BCUT2D eigenvalue weighted by Crippen LogP contribution is -1.99. The van der Waals surface area contributed by atoms with Gasteiger partial charge in [0.05, 0.1) is 18.2 Å². The van der Waals surface area contributed by atoms with Crippen molar-refractivity contribution in [2.75, 3.05) is 7.11 Å². The number of ether oxygens (including phenoxy) is 1. The molecule has 0 saturated carbocycles. The number of nitrogens with zero attached hydrogens (tertiary/aromatic N) is 1. The Morgan fingerprint density at radius 3 is 2.81 bits per heavy atom. The highest BCUT2D eigenvalue weighted by Crippen LogP contribution is 2.31. The maximum absolute atomic E-state index is 11.6. The zero-order valence-corrected chi connectivity index (χ0v) is 11.1. The number of methoxy groups -OCH3 is 1. The molecule has 0 aliphatic carbocycles. The summed E-state index contributed by atoms with van der Waals surface area (Å²) in [5.41, 5.74) is 1.44. The van der Waals surface area contributed by atoms with E-state index < -0.39 is 0 Å². The Bertz CT molecular complexity index is 577. The normalized spacial score (nSPS) is 10.8. The summed E-state index contributed by atoms with van der Waals surface area (Å²) in [6, 6.07) is 3.55. The van der Waals surface area contributed by atoms with Gasteiger partial charge in [0.2, 0.25) is 0 Å². The predicted octanol–water partition coefficient (Wildman–Crippen LogP) is 3.38. The van der Waals surface area contributed by atoms with E-state index in [2.05, 4.69) is 15.9 Å². The van der Waals surface area contributed by atoms with Crippen molar-refractivity contribution >= 4 is 44.4 Å². The molecule has 5 heteroatoms. The molecule has 0 spiro atoms. The first kappa shape index (κ1) is 11.5. The molecular formula is C11H9BrClNO2. The number of carbonyl (C=O) groups excluding carboxylic acids is 1. The number of rotatable bonds is 1. The molecule has 16 heavy (non-hydrogen) atoms. The Kier molecular flexibility index (Phi) is 2.95. The number of aryl methyl sites for hydroxylation is 1. The van der Waals surface area contributed by atoms with Gasteiger partial charge in [0.25, 0.3) is 0 Å². The van der Waals surface area contributed by atoms with Crippen molar-refractivity contribution in [1.82, 2.24) is 4.57 Å². The number of carbonyl (C=O) groups is 1. The molecular weight excluding hydrogens is 293 g/mol. The highest BCUT2D eigenvalue weighted by molar-refractivity contribution is 9.10. The fourth-order valence-electron chi connectivity index (χ4n) is 1.73. The van der Waals surface area contributed by atoms with E-state index in [1.54, 1.807) is 18.3 Å². The summed E-state index contributed by atoms with van der Waals surface area (Å²) in [6.07, 6.45) is 1.73. The van der Waals surface area contributed by atoms with Gasteiger partial charge in [0.1, 0.15) is 0 Å². The fraction of sp³-hybridized carbons (Fsp3) is 0.182. The molecule has 84 valence electrons. The van der Waals surface area contributed by atoms with Gasteiger partial charge in [-0.05, 0) is 28.1 Å². The van der Waals surface area contributed by atoms with Gasteiger partial charge in [-0.2, -0.15) is 0 Å². The van der Waals surface area contributed by atoms with Gasteiger partial charge < -0.3 is 9.30 Å². The first-order valence-corrected chi connectivity index (χ1v) is 5.74. The van der Waals surface area contributed by atoms with Crippen molar-refractivity contribution in [3.63, 3.8) is 0 Å². The van der Waals surface area contributed by atoms with Gasteiger partial charge >= 0.3 is 5.97 Å². The molecule has 1 heterocycles. The van der Waals surface area contributed by atoms with Crippen LogP contribution in [0.3, 0.4) is 0 Å². The van der Waals surface area contributed by atoms with Gasteiger partial charge in [-0.1, -0.05) is 11.6 Å². The molecule has 2 aromatic rings. The first-order chi connectivity index (χ1) is 7.54. The molecule has 1 aromatic carbocycles. The van der Waals surface area contributed by atoms with E-state index in [-0.39, 0.29) is 5.97 Å². The fourth-order valence-corrected chi connectivity index (χ4v) is 2.82. The van der Waals surface area contributed by atoms with Crippen LogP contribution in [0.4, 0.5) is 0 Å². The minimum atomic E-state index is -0.361. The quantitative estimate of drug-likeness (QED) is 0.756. The predicted molar refractivity (Wildman–Crippen MR) is 67.0 cm³/mol. The Balaban J connectivity index is 2.83. The molecule has 1 aromatic heterocycles. The zero-order valence-electron chi connectivity index (χ0n) is 8.75. The van der Waals surface area contributed by atoms with Crippen LogP contribution in [0.5, 0.6) is 0 Å². The first-order valence-electron chi connectivity index (χ1n) is 4.57. The van der Waals surface area contributed by atoms with Crippen molar-refractivity contribution in [2.45, 2.75) is 0 Å². The van der Waals surface area contributed by atoms with E-state index in [0.717, 1.165) is 15.4 Å². The van der Waals surface area contributed by atoms with Crippen LogP contribution in [0.1, 0.15) is 10.4 Å². The number of fused-ring (bicyclic) bond motifs is 1. The van der Waals surface area contributed by atoms with Crippen molar-refractivity contribution in [3.05, 3.63) is 33.4 Å². The molecule has 0 amide bonds. The Labute approximate surface area is 106 Å². The van der Waals surface area contributed by atoms with E-state index in [1.165, 1.54) is 7.11 Å². The zero-order chi connectivity index (χ0) is 11.9. The van der Waals surface area contributed by atoms with Crippen LogP contribution >= 0.6 is 27.5 Å². The molecule has 0 N–H and O–H groups in total. The highest BCUT2D eigenvalue weighted by atomic mass is 79.9. The monoisotopic (exact) mass is 301 g/mol. The molecule has 0 saturated heterocycles. The van der Waals surface area contributed by atoms with Crippen LogP contribution < -0.4 is 0 Å². The number of hydrogen-bond donors (Lipinski definition) is 0. The maximum atomic E-state index is 11.6. The second-order valence-electron chi connectivity index (χ2n) is 3.43. The second-order valence-corrected chi connectivity index (χ2v) is 4.72. The maximum Gasteiger partial charge on any atom is 0.340 e. The largest absolute Gasteiger partial charge is 0.465 e. The number of benzene rings is 1. The smallest absolute Gasteiger partial charge is 0.340 e. The van der Waals surface area contributed by atoms with Crippen LogP contribution in [-0.2, 0) is 11.8 Å². The molecule has 0 fully saturated rings. The van der Waals surface area contributed by atoms with Gasteiger partial charge in [0.15, 0.2) is 0 Å². The van der Waals surface area contributed by atoms with Crippen LogP contribution in [0, 0.1) is 0 Å². The average molecular weight is 303 g/mol. The third-order valence-electron chi connectivity index (χ3n) is 2.40. The third-order valence-corrected chi connectivity index (χ3v) is 3.22. The summed E-state index contributed by atoms with van der Waals surface area (Å²) in [6.45, 7) is 0. The summed E-state index contributed by atoms with van der Waals surface area (Å²) >= 11 is 9.39. The van der Waals surface area contributed by atoms with E-state index in [0.29, 0.717) is 10.6 Å². The van der Waals surface area contributed by atoms with Crippen LogP contribution in [0.15, 0.2) is 22.8 Å². The highest BCUT2D eigenvalue weighted by Gasteiger charge is 2.16. The molecule has 0 aliphatic rings. The van der Waals surface area contributed by atoms with Crippen molar-refractivity contribution in [3.8, 4) is 0 Å². The summed E-state index contributed by atoms with van der Waals surface area (Å²) < 4.78 is 7.44. The van der Waals surface area contributed by atoms with E-state index in [4.69, 9.17) is 16.3 Å². The minimum absolute atomic E-state index is 0.361. The lowest BCUT2D eigenvalue weighted by Gasteiger charge is -2.00. The number of halogens is 2. The lowest BCUT2D eigenvalue weighted by atomic mass is 10.2. The Morgan fingerprint density at radius 1 is 1.50 bits per heavy atom. The Hall–Kier alpha value is -1.00. The lowest BCUT2D eigenvalue weighted by molar-refractivity contribution is 0.0603. The molecule has 0 atom stereocenters. The van der Waals surface area contributed by atoms with Gasteiger partial charge in [0, 0.05) is 28.1 Å². The van der Waals surface area contributed by atoms with Gasteiger partial charge in [-0.3, -0.25) is 0 Å². The Morgan fingerprint density at radius 2 is 2.19 bits per heavy atom. The van der Waals surface area contributed by atoms with Crippen LogP contribution in [-0.4, -0.2) is 17.6 Å². The molecule has 2 rings (SSSR count). The van der Waals surface area contributed by atoms with Crippen molar-refractivity contribution in [1.29, 1.82) is 0 Å². The van der Waals surface area contributed by atoms with E-state index in [9.17, 15) is 4.79 Å². The summed E-state index contributed by atoms with van der Waals surface area (Å²) in [5.74, 6) is -0.361. The van der Waals surface area contributed by atoms with Gasteiger partial charge in [-0.25, -0.2) is 4.79 Å². The molecule has 0 radical (unpaired) electrons. The van der Waals surface area contributed by atoms with Crippen molar-refractivity contribution < 1.29 is 9.53 Å². The second kappa shape index (κ2) is 4.11. The third kappa shape index (κ3) is 1.72. The SMILES string of the molecule is COC(=O)c1cn(C)c2c(Br)cc(Cl)cc12. The molecule has 3 nitrogen and oxygen atoms in total. The molecule has 0 bridgehead atoms. The molecule has 0 aliphatic heterocycles. The average Bonchev–Trinajstić information content (AvgIpc) is 2.54. The van der Waals surface area contributed by atoms with Gasteiger partial charge in [-0.15, -0.1) is 0 Å².